The van der Waals surface area contributed by atoms with Gasteiger partial charge in [0.1, 0.15) is 6.10 Å². The van der Waals surface area contributed by atoms with E-state index in [1.54, 1.807) is 0 Å². The van der Waals surface area contributed by atoms with Crippen molar-refractivity contribution in [1.82, 2.24) is 0 Å². The van der Waals surface area contributed by atoms with Crippen molar-refractivity contribution in [3.63, 3.8) is 0 Å². The van der Waals surface area contributed by atoms with Crippen LogP contribution in [0.5, 0.6) is 0 Å². The first kappa shape index (κ1) is 12.8. The molecule has 0 N–H and O–H groups in total. The van der Waals surface area contributed by atoms with Crippen LogP contribution >= 0.6 is 12.4 Å². The van der Waals surface area contributed by atoms with E-state index in [2.05, 4.69) is 0 Å². The molecule has 0 radical (unpaired) electrons. The summed E-state index contributed by atoms with van der Waals surface area (Å²) < 4.78 is 5.29. The van der Waals surface area contributed by atoms with Crippen LogP contribution in [0.25, 0.3) is 0 Å². The molecule has 13 heavy (non-hydrogen) atoms. The zero-order chi connectivity index (χ0) is 8.81. The summed E-state index contributed by atoms with van der Waals surface area (Å²) in [5.41, 5.74) is 0. The molecule has 0 atom stereocenters. The van der Waals surface area contributed by atoms with Crippen molar-refractivity contribution < 1.29 is 9.53 Å². The molecule has 1 aliphatic carbocycles. The van der Waals surface area contributed by atoms with E-state index in [-0.39, 0.29) is 24.5 Å². The monoisotopic (exact) mass is 206 g/mol. The number of carbonyl (C=O) groups excluding carboxylic acids is 1. The van der Waals surface area contributed by atoms with Gasteiger partial charge in [0, 0.05) is 6.42 Å². The normalized spacial score (nSPS) is 17.6. The fourth-order valence-corrected chi connectivity index (χ4v) is 1.63. The standard InChI is InChI=1S/C10H18O2.ClH/c1-2-6-10(11)12-9-7-4-3-5-8-9;/h9H,2-8H2,1H3;1H. The first-order valence-electron chi connectivity index (χ1n) is 5.02. The van der Waals surface area contributed by atoms with Crippen molar-refractivity contribution in [1.29, 1.82) is 0 Å². The fraction of sp³-hybridized carbons (Fsp3) is 0.900. The molecule has 1 aliphatic rings. The van der Waals surface area contributed by atoms with Crippen molar-refractivity contribution in [2.45, 2.75) is 58.0 Å². The Morgan fingerprint density at radius 3 is 2.46 bits per heavy atom. The summed E-state index contributed by atoms with van der Waals surface area (Å²) in [5, 5.41) is 0. The van der Waals surface area contributed by atoms with Gasteiger partial charge in [0.2, 0.25) is 0 Å². The van der Waals surface area contributed by atoms with Crippen LogP contribution in [0.15, 0.2) is 0 Å². The van der Waals surface area contributed by atoms with E-state index in [4.69, 9.17) is 4.74 Å². The molecule has 0 aliphatic heterocycles. The molecule has 1 rings (SSSR count). The van der Waals surface area contributed by atoms with Gasteiger partial charge in [-0.15, -0.1) is 12.4 Å². The SMILES string of the molecule is CCCC(=O)OC1CCCCC1.Cl. The topological polar surface area (TPSA) is 26.3 Å². The maximum atomic E-state index is 11.1. The molecule has 0 aromatic carbocycles. The van der Waals surface area contributed by atoms with E-state index in [0.717, 1.165) is 19.3 Å². The minimum absolute atomic E-state index is 0. The highest BCUT2D eigenvalue weighted by atomic mass is 35.5. The van der Waals surface area contributed by atoms with Crippen molar-refractivity contribution in [3.8, 4) is 0 Å². The number of halogens is 1. The maximum Gasteiger partial charge on any atom is 0.306 e. The molecule has 0 amide bonds. The number of hydrogen-bond acceptors (Lipinski definition) is 2. The summed E-state index contributed by atoms with van der Waals surface area (Å²) in [6.07, 6.45) is 7.63. The van der Waals surface area contributed by atoms with Crippen molar-refractivity contribution in [3.05, 3.63) is 0 Å². The molecule has 0 bridgehead atoms. The third-order valence-electron chi connectivity index (χ3n) is 2.30. The predicted molar refractivity (Wildman–Crippen MR) is 55.1 cm³/mol. The van der Waals surface area contributed by atoms with Gasteiger partial charge in [0.25, 0.3) is 0 Å². The first-order chi connectivity index (χ1) is 5.83. The highest BCUT2D eigenvalue weighted by Gasteiger charge is 2.16. The average molecular weight is 207 g/mol. The molecular formula is C10H19ClO2. The number of esters is 1. The Balaban J connectivity index is 0.00000144. The molecule has 0 saturated heterocycles. The number of carbonyl (C=O) groups is 1. The van der Waals surface area contributed by atoms with Crippen molar-refractivity contribution >= 4 is 18.4 Å². The van der Waals surface area contributed by atoms with Crippen molar-refractivity contribution in [2.24, 2.45) is 0 Å². The lowest BCUT2D eigenvalue weighted by Crippen LogP contribution is -2.20. The summed E-state index contributed by atoms with van der Waals surface area (Å²) in [6, 6.07) is 0. The molecule has 0 spiro atoms. The number of hydrogen-bond donors (Lipinski definition) is 0. The lowest BCUT2D eigenvalue weighted by atomic mass is 9.98. The third-order valence-corrected chi connectivity index (χ3v) is 2.30. The largest absolute Gasteiger partial charge is 0.462 e. The highest BCUT2D eigenvalue weighted by molar-refractivity contribution is 5.85. The van der Waals surface area contributed by atoms with Crippen LogP contribution in [0.3, 0.4) is 0 Å². The molecule has 0 aromatic heterocycles. The summed E-state index contributed by atoms with van der Waals surface area (Å²) in [5.74, 6) is -0.00981. The first-order valence-corrected chi connectivity index (χ1v) is 5.02. The van der Waals surface area contributed by atoms with Crippen LogP contribution in [-0.2, 0) is 9.53 Å². The van der Waals surface area contributed by atoms with Crippen LogP contribution < -0.4 is 0 Å². The Bertz CT molecular complexity index is 142. The van der Waals surface area contributed by atoms with Gasteiger partial charge in [0.05, 0.1) is 0 Å². The van der Waals surface area contributed by atoms with Crippen LogP contribution in [0, 0.1) is 0 Å². The highest BCUT2D eigenvalue weighted by Crippen LogP contribution is 2.20. The lowest BCUT2D eigenvalue weighted by Gasteiger charge is -2.21. The van der Waals surface area contributed by atoms with E-state index in [1.165, 1.54) is 19.3 Å². The Labute approximate surface area is 86.4 Å². The van der Waals surface area contributed by atoms with Crippen LogP contribution in [0.2, 0.25) is 0 Å². The Hall–Kier alpha value is -0.240. The molecule has 2 nitrogen and oxygen atoms in total. The Morgan fingerprint density at radius 2 is 1.92 bits per heavy atom. The van der Waals surface area contributed by atoms with E-state index in [1.807, 2.05) is 6.92 Å². The van der Waals surface area contributed by atoms with Gasteiger partial charge < -0.3 is 4.74 Å². The molecular weight excluding hydrogens is 188 g/mol. The maximum absolute atomic E-state index is 11.1. The second kappa shape index (κ2) is 7.19. The van der Waals surface area contributed by atoms with Crippen LogP contribution in [0.4, 0.5) is 0 Å². The minimum Gasteiger partial charge on any atom is -0.462 e. The molecule has 78 valence electrons. The second-order valence-electron chi connectivity index (χ2n) is 3.50. The smallest absolute Gasteiger partial charge is 0.306 e. The van der Waals surface area contributed by atoms with Gasteiger partial charge >= 0.3 is 5.97 Å². The van der Waals surface area contributed by atoms with Gasteiger partial charge in [-0.25, -0.2) is 0 Å². The van der Waals surface area contributed by atoms with Gasteiger partial charge in [0.15, 0.2) is 0 Å². The van der Waals surface area contributed by atoms with Gasteiger partial charge in [-0.2, -0.15) is 0 Å². The molecule has 1 saturated carbocycles. The number of rotatable bonds is 3. The zero-order valence-corrected chi connectivity index (χ0v) is 9.07. The second-order valence-corrected chi connectivity index (χ2v) is 3.50. The van der Waals surface area contributed by atoms with E-state index in [0.29, 0.717) is 6.42 Å². The Kier molecular flexibility index (Phi) is 7.06. The molecule has 1 fully saturated rings. The van der Waals surface area contributed by atoms with Gasteiger partial charge in [-0.05, 0) is 32.1 Å². The predicted octanol–water partition coefficient (Wildman–Crippen LogP) is 3.08. The van der Waals surface area contributed by atoms with Gasteiger partial charge in [-0.3, -0.25) is 4.79 Å². The molecule has 0 aromatic rings. The average Bonchev–Trinajstić information content (AvgIpc) is 2.06. The van der Waals surface area contributed by atoms with E-state index in [9.17, 15) is 4.79 Å². The zero-order valence-electron chi connectivity index (χ0n) is 8.25. The molecule has 0 unspecified atom stereocenters. The summed E-state index contributed by atoms with van der Waals surface area (Å²) in [6.45, 7) is 2.00. The van der Waals surface area contributed by atoms with E-state index >= 15 is 0 Å². The van der Waals surface area contributed by atoms with Crippen LogP contribution in [0.1, 0.15) is 51.9 Å². The molecule has 0 heterocycles. The summed E-state index contributed by atoms with van der Waals surface area (Å²) in [4.78, 5) is 11.1. The van der Waals surface area contributed by atoms with Crippen LogP contribution in [-0.4, -0.2) is 12.1 Å². The minimum atomic E-state index is -0.00981. The summed E-state index contributed by atoms with van der Waals surface area (Å²) in [7, 11) is 0. The molecule has 3 heteroatoms. The lowest BCUT2D eigenvalue weighted by molar-refractivity contribution is -0.150. The fourth-order valence-electron chi connectivity index (χ4n) is 1.63. The van der Waals surface area contributed by atoms with Crippen molar-refractivity contribution in [2.75, 3.05) is 0 Å². The van der Waals surface area contributed by atoms with E-state index < -0.39 is 0 Å². The summed E-state index contributed by atoms with van der Waals surface area (Å²) >= 11 is 0. The third kappa shape index (κ3) is 5.14. The Morgan fingerprint density at radius 1 is 1.31 bits per heavy atom. The quantitative estimate of drug-likeness (QED) is 0.664. The van der Waals surface area contributed by atoms with Gasteiger partial charge in [-0.1, -0.05) is 13.3 Å². The number of ether oxygens (including phenoxy) is 1.